The Hall–Kier alpha value is -3.00. The summed E-state index contributed by atoms with van der Waals surface area (Å²) in [4.78, 5) is 31.9. The Morgan fingerprint density at radius 1 is 1.30 bits per heavy atom. The van der Waals surface area contributed by atoms with E-state index in [-0.39, 0.29) is 22.5 Å². The number of phenols is 1. The number of fused-ring (bicyclic) bond motifs is 1. The van der Waals surface area contributed by atoms with Gasteiger partial charge in [-0.3, -0.25) is 9.13 Å². The molecular weight excluding hydrogens is 408 g/mol. The average Bonchev–Trinajstić information content (AvgIpc) is 3.25. The van der Waals surface area contributed by atoms with Crippen LogP contribution in [0.25, 0.3) is 16.9 Å². The van der Waals surface area contributed by atoms with Gasteiger partial charge in [-0.15, -0.1) is 0 Å². The van der Waals surface area contributed by atoms with Gasteiger partial charge >= 0.3 is 11.8 Å². The van der Waals surface area contributed by atoms with E-state index in [0.717, 1.165) is 0 Å². The lowest BCUT2D eigenvalue weighted by Gasteiger charge is -2.24. The Morgan fingerprint density at radius 3 is 2.77 bits per heavy atom. The van der Waals surface area contributed by atoms with E-state index < -0.39 is 11.7 Å². The largest absolute Gasteiger partial charge is 0.506 e. The molecule has 3 aromatic rings. The standard InChI is InChI=1S/C21H23ClN4O4/c1-21(2,3)30-20(29)24-10-8-14(12-24)26-18-16(5-4-9-23-18)25(19(26)28)13-6-7-15(22)17(27)11-13/h4-7,9,11,14,27H,8,10,12H2,1-3H3/t14-/m0/s1. The molecule has 8 nitrogen and oxygen atoms in total. The molecule has 1 N–H and O–H groups in total. The second-order valence-electron chi connectivity index (χ2n) is 8.34. The van der Waals surface area contributed by atoms with Crippen LogP contribution in [-0.4, -0.2) is 48.9 Å². The maximum Gasteiger partial charge on any atom is 0.410 e. The molecule has 1 aliphatic heterocycles. The van der Waals surface area contributed by atoms with E-state index in [4.69, 9.17) is 16.3 Å². The van der Waals surface area contributed by atoms with Gasteiger partial charge in [-0.05, 0) is 51.5 Å². The Balaban J connectivity index is 1.74. The molecule has 3 heterocycles. The third-order valence-electron chi connectivity index (χ3n) is 5.00. The molecule has 4 rings (SSSR count). The molecule has 0 radical (unpaired) electrons. The van der Waals surface area contributed by atoms with Crippen LogP contribution < -0.4 is 5.69 Å². The maximum atomic E-state index is 13.4. The topological polar surface area (TPSA) is 89.6 Å². The van der Waals surface area contributed by atoms with Crippen molar-refractivity contribution in [2.24, 2.45) is 0 Å². The quantitative estimate of drug-likeness (QED) is 0.669. The predicted molar refractivity (Wildman–Crippen MR) is 113 cm³/mol. The van der Waals surface area contributed by atoms with E-state index in [1.54, 1.807) is 33.9 Å². The number of carbonyl (C=O) groups excluding carboxylic acids is 1. The number of pyridine rings is 1. The first-order valence-electron chi connectivity index (χ1n) is 9.70. The molecule has 1 saturated heterocycles. The number of hydrogen-bond donors (Lipinski definition) is 1. The highest BCUT2D eigenvalue weighted by atomic mass is 35.5. The summed E-state index contributed by atoms with van der Waals surface area (Å²) in [6.07, 6.45) is 1.85. The van der Waals surface area contributed by atoms with Crippen molar-refractivity contribution in [2.75, 3.05) is 13.1 Å². The summed E-state index contributed by atoms with van der Waals surface area (Å²) in [7, 11) is 0. The van der Waals surface area contributed by atoms with Gasteiger partial charge in [0.2, 0.25) is 0 Å². The first-order chi connectivity index (χ1) is 14.2. The number of aromatic nitrogens is 3. The summed E-state index contributed by atoms with van der Waals surface area (Å²) >= 11 is 5.92. The maximum absolute atomic E-state index is 13.4. The molecule has 1 amide bonds. The zero-order valence-corrected chi connectivity index (χ0v) is 17.8. The summed E-state index contributed by atoms with van der Waals surface area (Å²) < 4.78 is 8.57. The minimum Gasteiger partial charge on any atom is -0.506 e. The van der Waals surface area contributed by atoms with Gasteiger partial charge in [0.15, 0.2) is 5.65 Å². The number of aromatic hydroxyl groups is 1. The number of nitrogens with zero attached hydrogens (tertiary/aromatic N) is 4. The fourth-order valence-corrected chi connectivity index (χ4v) is 3.83. The molecule has 1 aromatic carbocycles. The molecule has 30 heavy (non-hydrogen) atoms. The van der Waals surface area contributed by atoms with Crippen LogP contribution in [0.15, 0.2) is 41.3 Å². The number of benzene rings is 1. The van der Waals surface area contributed by atoms with Crippen molar-refractivity contribution in [1.29, 1.82) is 0 Å². The predicted octanol–water partition coefficient (Wildman–Crippen LogP) is 3.73. The zero-order chi connectivity index (χ0) is 21.6. The van der Waals surface area contributed by atoms with E-state index >= 15 is 0 Å². The Morgan fingerprint density at radius 2 is 2.07 bits per heavy atom. The molecular formula is C21H23ClN4O4. The van der Waals surface area contributed by atoms with Crippen molar-refractivity contribution in [2.45, 2.75) is 38.8 Å². The number of imidazole rings is 1. The van der Waals surface area contributed by atoms with Crippen LogP contribution in [0.5, 0.6) is 5.75 Å². The van der Waals surface area contributed by atoms with Gasteiger partial charge in [0.05, 0.1) is 22.3 Å². The molecule has 1 fully saturated rings. The van der Waals surface area contributed by atoms with E-state index in [2.05, 4.69) is 4.98 Å². The number of halogens is 1. The summed E-state index contributed by atoms with van der Waals surface area (Å²) in [5, 5.41) is 10.2. The fraction of sp³-hybridized carbons (Fsp3) is 0.381. The first kappa shape index (κ1) is 20.3. The fourth-order valence-electron chi connectivity index (χ4n) is 3.71. The van der Waals surface area contributed by atoms with Crippen LogP contribution in [0, 0.1) is 0 Å². The number of carbonyl (C=O) groups is 1. The lowest BCUT2D eigenvalue weighted by atomic mass is 10.2. The van der Waals surface area contributed by atoms with Crippen molar-refractivity contribution in [3.8, 4) is 11.4 Å². The van der Waals surface area contributed by atoms with Crippen molar-refractivity contribution >= 4 is 28.9 Å². The molecule has 9 heteroatoms. The monoisotopic (exact) mass is 430 g/mol. The lowest BCUT2D eigenvalue weighted by molar-refractivity contribution is 0.0289. The smallest absolute Gasteiger partial charge is 0.410 e. The number of likely N-dealkylation sites (tertiary alicyclic amines) is 1. The summed E-state index contributed by atoms with van der Waals surface area (Å²) in [5.74, 6) is -0.108. The second-order valence-corrected chi connectivity index (χ2v) is 8.75. The lowest BCUT2D eigenvalue weighted by Crippen LogP contribution is -2.36. The number of phenolic OH excluding ortho intramolecular Hbond substituents is 1. The van der Waals surface area contributed by atoms with Gasteiger partial charge in [0, 0.05) is 25.4 Å². The van der Waals surface area contributed by atoms with Crippen LogP contribution in [0.4, 0.5) is 4.79 Å². The van der Waals surface area contributed by atoms with Gasteiger partial charge in [-0.25, -0.2) is 14.6 Å². The Kier molecular flexibility index (Phi) is 4.97. The normalized spacial score (nSPS) is 16.9. The van der Waals surface area contributed by atoms with Crippen LogP contribution in [0.1, 0.15) is 33.2 Å². The van der Waals surface area contributed by atoms with Crippen LogP contribution in [0.2, 0.25) is 5.02 Å². The highest BCUT2D eigenvalue weighted by Gasteiger charge is 2.33. The zero-order valence-electron chi connectivity index (χ0n) is 17.0. The van der Waals surface area contributed by atoms with Crippen molar-refractivity contribution in [3.63, 3.8) is 0 Å². The van der Waals surface area contributed by atoms with Gasteiger partial charge in [-0.1, -0.05) is 11.6 Å². The summed E-state index contributed by atoms with van der Waals surface area (Å²) in [6.45, 7) is 6.32. The molecule has 1 atom stereocenters. The minimum absolute atomic E-state index is 0.108. The molecule has 2 aromatic heterocycles. The van der Waals surface area contributed by atoms with Crippen molar-refractivity contribution in [1.82, 2.24) is 19.0 Å². The van der Waals surface area contributed by atoms with Gasteiger partial charge in [0.1, 0.15) is 11.4 Å². The third kappa shape index (κ3) is 3.63. The Labute approximate surface area is 178 Å². The van der Waals surface area contributed by atoms with E-state index in [9.17, 15) is 14.7 Å². The molecule has 158 valence electrons. The third-order valence-corrected chi connectivity index (χ3v) is 5.32. The molecule has 0 spiro atoms. The number of hydrogen-bond acceptors (Lipinski definition) is 5. The first-order valence-corrected chi connectivity index (χ1v) is 10.1. The van der Waals surface area contributed by atoms with Gasteiger partial charge in [-0.2, -0.15) is 0 Å². The molecule has 1 aliphatic rings. The Bertz CT molecular complexity index is 1180. The minimum atomic E-state index is -0.583. The van der Waals surface area contributed by atoms with Crippen molar-refractivity contribution < 1.29 is 14.6 Å². The van der Waals surface area contributed by atoms with Crippen molar-refractivity contribution in [3.05, 3.63) is 52.0 Å². The highest BCUT2D eigenvalue weighted by molar-refractivity contribution is 6.32. The number of rotatable bonds is 2. The van der Waals surface area contributed by atoms with E-state index in [1.807, 2.05) is 20.8 Å². The van der Waals surface area contributed by atoms with Gasteiger partial charge in [0.25, 0.3) is 0 Å². The van der Waals surface area contributed by atoms with E-state index in [1.165, 1.54) is 16.7 Å². The summed E-state index contributed by atoms with van der Waals surface area (Å²) in [5.41, 5.74) is 0.746. The highest BCUT2D eigenvalue weighted by Crippen LogP contribution is 2.29. The van der Waals surface area contributed by atoms with Crippen LogP contribution in [-0.2, 0) is 4.74 Å². The average molecular weight is 431 g/mol. The number of ether oxygens (including phenoxy) is 1. The molecule has 0 bridgehead atoms. The molecule has 0 aliphatic carbocycles. The van der Waals surface area contributed by atoms with Gasteiger partial charge < -0.3 is 14.7 Å². The SMILES string of the molecule is CC(C)(C)OC(=O)N1CC[C@H](n2c(=O)n(-c3ccc(Cl)c(O)c3)c3cccnc32)C1. The molecule has 0 saturated carbocycles. The summed E-state index contributed by atoms with van der Waals surface area (Å²) in [6, 6.07) is 7.97. The molecule has 0 unspecified atom stereocenters. The van der Waals surface area contributed by atoms with Crippen LogP contribution in [0.3, 0.4) is 0 Å². The number of amides is 1. The van der Waals surface area contributed by atoms with E-state index in [0.29, 0.717) is 36.4 Å². The van der Waals surface area contributed by atoms with Crippen LogP contribution >= 0.6 is 11.6 Å². The second kappa shape index (κ2) is 7.36.